The highest BCUT2D eigenvalue weighted by Gasteiger charge is 2.26. The van der Waals surface area contributed by atoms with Gasteiger partial charge >= 0.3 is 0 Å². The number of piperazine rings is 1. The van der Waals surface area contributed by atoms with Gasteiger partial charge in [-0.25, -0.2) is 4.98 Å². The average Bonchev–Trinajstić information content (AvgIpc) is 3.28. The van der Waals surface area contributed by atoms with Gasteiger partial charge in [0, 0.05) is 57.2 Å². The van der Waals surface area contributed by atoms with Crippen LogP contribution < -0.4 is 9.64 Å². The van der Waals surface area contributed by atoms with E-state index in [9.17, 15) is 9.90 Å². The van der Waals surface area contributed by atoms with E-state index in [-0.39, 0.29) is 5.78 Å². The normalized spacial score (nSPS) is 25.2. The number of nitrogens with zero attached hydrogens (tertiary/aromatic N) is 3. The molecular weight excluding hydrogens is 390 g/mol. The molecule has 1 aromatic rings. The van der Waals surface area contributed by atoms with Gasteiger partial charge in [0.15, 0.2) is 0 Å². The van der Waals surface area contributed by atoms with Crippen LogP contribution in [-0.2, 0) is 11.2 Å². The van der Waals surface area contributed by atoms with Crippen molar-refractivity contribution in [2.75, 3.05) is 44.2 Å². The van der Waals surface area contributed by atoms with Crippen LogP contribution in [0.25, 0.3) is 0 Å². The fourth-order valence-corrected chi connectivity index (χ4v) is 5.46. The third kappa shape index (κ3) is 5.98. The summed E-state index contributed by atoms with van der Waals surface area (Å²) in [6.07, 6.45) is 10.3. The van der Waals surface area contributed by atoms with Gasteiger partial charge in [0.25, 0.3) is 0 Å². The zero-order valence-corrected chi connectivity index (χ0v) is 19.1. The molecule has 3 heterocycles. The predicted octanol–water partition coefficient (Wildman–Crippen LogP) is 3.46. The van der Waals surface area contributed by atoms with Crippen molar-refractivity contribution in [3.05, 3.63) is 17.8 Å². The molecule has 1 aromatic heterocycles. The van der Waals surface area contributed by atoms with E-state index in [1.54, 1.807) is 0 Å². The molecule has 2 aliphatic heterocycles. The van der Waals surface area contributed by atoms with Crippen molar-refractivity contribution >= 4 is 11.6 Å². The van der Waals surface area contributed by atoms with Crippen LogP contribution in [0.5, 0.6) is 5.75 Å². The molecule has 1 N–H and O–H groups in total. The first-order chi connectivity index (χ1) is 15.1. The minimum Gasteiger partial charge on any atom is -0.493 e. The summed E-state index contributed by atoms with van der Waals surface area (Å²) < 4.78 is 5.70. The molecule has 0 radical (unpaired) electrons. The Bertz CT molecular complexity index is 725. The minimum absolute atomic E-state index is 0.251. The maximum atomic E-state index is 12.1. The Labute approximate surface area is 187 Å². The van der Waals surface area contributed by atoms with E-state index >= 15 is 0 Å². The summed E-state index contributed by atoms with van der Waals surface area (Å²) in [5, 5.41) is 9.68. The number of hydrogen-bond donors (Lipinski definition) is 1. The van der Waals surface area contributed by atoms with Crippen molar-refractivity contribution in [2.24, 2.45) is 11.8 Å². The van der Waals surface area contributed by atoms with E-state index in [4.69, 9.17) is 4.74 Å². The Morgan fingerprint density at radius 2 is 1.94 bits per heavy atom. The van der Waals surface area contributed by atoms with E-state index in [1.165, 1.54) is 44.2 Å². The highest BCUT2D eigenvalue weighted by Crippen LogP contribution is 2.34. The maximum Gasteiger partial charge on any atom is 0.135 e. The molecule has 31 heavy (non-hydrogen) atoms. The van der Waals surface area contributed by atoms with Crippen LogP contribution in [0.1, 0.15) is 63.9 Å². The molecular formula is C25H39N3O3. The van der Waals surface area contributed by atoms with E-state index in [0.717, 1.165) is 56.7 Å². The molecule has 0 amide bonds. The van der Waals surface area contributed by atoms with Gasteiger partial charge in [0.05, 0.1) is 12.7 Å². The second-order valence-electron chi connectivity index (χ2n) is 9.72. The lowest BCUT2D eigenvalue weighted by atomic mass is 9.78. The monoisotopic (exact) mass is 429 g/mol. The van der Waals surface area contributed by atoms with Crippen LogP contribution >= 0.6 is 0 Å². The van der Waals surface area contributed by atoms with Crippen molar-refractivity contribution in [3.8, 4) is 5.75 Å². The fraction of sp³-hybridized carbons (Fsp3) is 0.760. The molecule has 6 nitrogen and oxygen atoms in total. The number of hydrogen-bond acceptors (Lipinski definition) is 6. The van der Waals surface area contributed by atoms with E-state index in [1.807, 2.05) is 19.2 Å². The lowest BCUT2D eigenvalue weighted by Gasteiger charge is -2.37. The maximum absolute atomic E-state index is 12.1. The number of aliphatic hydroxyl groups excluding tert-OH is 1. The molecule has 0 spiro atoms. The van der Waals surface area contributed by atoms with Crippen LogP contribution in [0.15, 0.2) is 12.3 Å². The number of ketones is 1. The van der Waals surface area contributed by atoms with Crippen molar-refractivity contribution in [2.45, 2.75) is 70.8 Å². The van der Waals surface area contributed by atoms with E-state index in [0.29, 0.717) is 25.2 Å². The van der Waals surface area contributed by atoms with Gasteiger partial charge < -0.3 is 14.7 Å². The SMILES string of the molecule is CC[C@@H](O)CC(=O)CC1CCC(CCN2CCN(c3nccc4c3CCO4)CC2)CC1. The molecule has 172 valence electrons. The molecule has 0 unspecified atom stereocenters. The molecule has 1 saturated heterocycles. The summed E-state index contributed by atoms with van der Waals surface area (Å²) in [7, 11) is 0. The summed E-state index contributed by atoms with van der Waals surface area (Å²) >= 11 is 0. The van der Waals surface area contributed by atoms with Gasteiger partial charge in [-0.2, -0.15) is 0 Å². The summed E-state index contributed by atoms with van der Waals surface area (Å²) in [4.78, 5) is 21.8. The number of aromatic nitrogens is 1. The lowest BCUT2D eigenvalue weighted by molar-refractivity contribution is -0.122. The first-order valence-corrected chi connectivity index (χ1v) is 12.4. The highest BCUT2D eigenvalue weighted by atomic mass is 16.5. The number of anilines is 1. The molecule has 6 heteroatoms. The number of pyridine rings is 1. The van der Waals surface area contributed by atoms with Gasteiger partial charge in [-0.15, -0.1) is 0 Å². The van der Waals surface area contributed by atoms with Crippen LogP contribution in [0, 0.1) is 11.8 Å². The zero-order chi connectivity index (χ0) is 21.6. The Morgan fingerprint density at radius 1 is 1.19 bits per heavy atom. The molecule has 1 atom stereocenters. The van der Waals surface area contributed by atoms with Gasteiger partial charge in [-0.1, -0.05) is 19.8 Å². The van der Waals surface area contributed by atoms with Crippen molar-refractivity contribution in [3.63, 3.8) is 0 Å². The predicted molar refractivity (Wildman–Crippen MR) is 123 cm³/mol. The van der Waals surface area contributed by atoms with Crippen LogP contribution in [0.4, 0.5) is 5.82 Å². The van der Waals surface area contributed by atoms with E-state index in [2.05, 4.69) is 14.8 Å². The topological polar surface area (TPSA) is 65.9 Å². The largest absolute Gasteiger partial charge is 0.493 e. The molecule has 1 saturated carbocycles. The van der Waals surface area contributed by atoms with Crippen LogP contribution in [-0.4, -0.2) is 66.2 Å². The highest BCUT2D eigenvalue weighted by molar-refractivity contribution is 5.79. The van der Waals surface area contributed by atoms with Gasteiger partial charge in [0.2, 0.25) is 0 Å². The smallest absolute Gasteiger partial charge is 0.135 e. The van der Waals surface area contributed by atoms with Gasteiger partial charge in [0.1, 0.15) is 17.4 Å². The number of fused-ring (bicyclic) bond motifs is 1. The first-order valence-electron chi connectivity index (χ1n) is 12.4. The number of Topliss-reactive ketones (excluding diaryl/α,β-unsaturated/α-hetero) is 1. The lowest BCUT2D eigenvalue weighted by Crippen LogP contribution is -2.47. The van der Waals surface area contributed by atoms with Crippen LogP contribution in [0.3, 0.4) is 0 Å². The Hall–Kier alpha value is -1.66. The Balaban J connectivity index is 1.14. The van der Waals surface area contributed by atoms with Crippen molar-refractivity contribution in [1.29, 1.82) is 0 Å². The summed E-state index contributed by atoms with van der Waals surface area (Å²) in [5.74, 6) is 3.75. The second kappa shape index (κ2) is 10.8. The first kappa shape index (κ1) is 22.5. The molecule has 0 bridgehead atoms. The molecule has 0 aromatic carbocycles. The van der Waals surface area contributed by atoms with Crippen molar-refractivity contribution in [1.82, 2.24) is 9.88 Å². The number of carbonyl (C=O) groups excluding carboxylic acids is 1. The molecule has 2 fully saturated rings. The molecule has 3 aliphatic rings. The second-order valence-corrected chi connectivity index (χ2v) is 9.72. The third-order valence-electron chi connectivity index (χ3n) is 7.54. The quantitative estimate of drug-likeness (QED) is 0.649. The van der Waals surface area contributed by atoms with Gasteiger partial charge in [-0.05, 0) is 50.1 Å². The number of ether oxygens (including phenoxy) is 1. The summed E-state index contributed by atoms with van der Waals surface area (Å²) in [6.45, 7) is 8.21. The summed E-state index contributed by atoms with van der Waals surface area (Å²) in [6, 6.07) is 1.99. The van der Waals surface area contributed by atoms with Crippen molar-refractivity contribution < 1.29 is 14.6 Å². The Kier molecular flexibility index (Phi) is 7.83. The Morgan fingerprint density at radius 3 is 2.68 bits per heavy atom. The minimum atomic E-state index is -0.448. The zero-order valence-electron chi connectivity index (χ0n) is 19.1. The average molecular weight is 430 g/mol. The number of aliphatic hydroxyl groups is 1. The number of carbonyl (C=O) groups is 1. The van der Waals surface area contributed by atoms with Crippen LogP contribution in [0.2, 0.25) is 0 Å². The summed E-state index contributed by atoms with van der Waals surface area (Å²) in [5.41, 5.74) is 1.29. The fourth-order valence-electron chi connectivity index (χ4n) is 5.46. The molecule has 4 rings (SSSR count). The standard InChI is InChI=1S/C25H39N3O3/c1-2-21(29)18-22(30)17-20-5-3-19(4-6-20)8-11-27-12-14-28(15-13-27)25-23-9-16-31-24(23)7-10-26-25/h7,10,19-21,29H,2-6,8-9,11-18H2,1H3/t19?,20?,21-/m1/s1. The van der Waals surface area contributed by atoms with Gasteiger partial charge in [-0.3, -0.25) is 9.69 Å². The molecule has 1 aliphatic carbocycles. The third-order valence-corrected chi connectivity index (χ3v) is 7.54. The van der Waals surface area contributed by atoms with E-state index < -0.39 is 6.10 Å². The number of rotatable bonds is 9.